The topological polar surface area (TPSA) is 59.3 Å². The Morgan fingerprint density at radius 2 is 1.89 bits per heavy atom. The normalized spacial score (nSPS) is 10.3. The van der Waals surface area contributed by atoms with Crippen LogP contribution in [0.15, 0.2) is 39.5 Å². The Morgan fingerprint density at radius 1 is 1.16 bits per heavy atom. The molecule has 0 unspecified atom stereocenters. The van der Waals surface area contributed by atoms with Gasteiger partial charge in [0.1, 0.15) is 5.76 Å². The fourth-order valence-electron chi connectivity index (χ4n) is 2.01. The zero-order valence-electron chi connectivity index (χ0n) is 11.1. The van der Waals surface area contributed by atoms with Gasteiger partial charge in [-0.05, 0) is 44.0 Å². The third-order valence-corrected chi connectivity index (χ3v) is 2.84. The van der Waals surface area contributed by atoms with E-state index in [1.54, 1.807) is 13.8 Å². The zero-order valence-corrected chi connectivity index (χ0v) is 11.1. The molecule has 2 rings (SSSR count). The van der Waals surface area contributed by atoms with E-state index < -0.39 is 5.63 Å². The number of anilines is 1. The van der Waals surface area contributed by atoms with Gasteiger partial charge in [0.15, 0.2) is 0 Å². The number of rotatable bonds is 2. The van der Waals surface area contributed by atoms with Crippen LogP contribution in [0.2, 0.25) is 0 Å². The van der Waals surface area contributed by atoms with Gasteiger partial charge in [-0.1, -0.05) is 12.1 Å². The Bertz CT molecular complexity index is 660. The molecule has 0 aliphatic heterocycles. The predicted molar refractivity (Wildman–Crippen MR) is 73.6 cm³/mol. The van der Waals surface area contributed by atoms with Crippen LogP contribution in [0.3, 0.4) is 0 Å². The summed E-state index contributed by atoms with van der Waals surface area (Å²) >= 11 is 0. The number of hydrogen-bond donors (Lipinski definition) is 1. The summed E-state index contributed by atoms with van der Waals surface area (Å²) in [5.74, 6) is 0.0551. The standard InChI is InChI=1S/C15H15NO3/c1-9-5-4-6-12(7-9)16-15(18)14-10(2)8-13(17)19-11(14)3/h4-8H,1-3H3,(H,16,18). The summed E-state index contributed by atoms with van der Waals surface area (Å²) < 4.78 is 4.96. The van der Waals surface area contributed by atoms with Gasteiger partial charge >= 0.3 is 5.63 Å². The molecule has 0 bridgehead atoms. The molecule has 0 radical (unpaired) electrons. The molecule has 1 aromatic carbocycles. The van der Waals surface area contributed by atoms with E-state index in [9.17, 15) is 9.59 Å². The van der Waals surface area contributed by atoms with Gasteiger partial charge in [-0.15, -0.1) is 0 Å². The summed E-state index contributed by atoms with van der Waals surface area (Å²) in [5, 5.41) is 2.80. The molecule has 1 aromatic heterocycles. The molecule has 1 heterocycles. The van der Waals surface area contributed by atoms with E-state index in [2.05, 4.69) is 5.32 Å². The number of benzene rings is 1. The molecule has 4 nitrogen and oxygen atoms in total. The summed E-state index contributed by atoms with van der Waals surface area (Å²) in [7, 11) is 0. The minimum atomic E-state index is -0.442. The van der Waals surface area contributed by atoms with Gasteiger partial charge in [-0.25, -0.2) is 4.79 Å². The van der Waals surface area contributed by atoms with Crippen LogP contribution in [0, 0.1) is 20.8 Å². The molecule has 2 aromatic rings. The van der Waals surface area contributed by atoms with Gasteiger partial charge in [0, 0.05) is 11.8 Å². The highest BCUT2D eigenvalue weighted by atomic mass is 16.4. The van der Waals surface area contributed by atoms with Crippen molar-refractivity contribution in [2.45, 2.75) is 20.8 Å². The van der Waals surface area contributed by atoms with Crippen LogP contribution in [0.25, 0.3) is 0 Å². The van der Waals surface area contributed by atoms with Crippen molar-refractivity contribution in [2.75, 3.05) is 5.32 Å². The molecular weight excluding hydrogens is 242 g/mol. The molecule has 0 aliphatic carbocycles. The molecule has 0 fully saturated rings. The molecule has 0 spiro atoms. The summed E-state index contributed by atoms with van der Waals surface area (Å²) in [6.45, 7) is 5.28. The van der Waals surface area contributed by atoms with Crippen molar-refractivity contribution in [3.63, 3.8) is 0 Å². The number of carbonyl (C=O) groups is 1. The molecular formula is C15H15NO3. The SMILES string of the molecule is Cc1cccc(NC(=O)c2c(C)cc(=O)oc2C)c1. The van der Waals surface area contributed by atoms with Crippen LogP contribution in [0.1, 0.15) is 27.2 Å². The summed E-state index contributed by atoms with van der Waals surface area (Å²) in [4.78, 5) is 23.4. The first kappa shape index (κ1) is 13.1. The fourth-order valence-corrected chi connectivity index (χ4v) is 2.01. The minimum absolute atomic E-state index is 0.274. The highest BCUT2D eigenvalue weighted by Crippen LogP contribution is 2.15. The van der Waals surface area contributed by atoms with Crippen molar-refractivity contribution in [1.29, 1.82) is 0 Å². The smallest absolute Gasteiger partial charge is 0.336 e. The average molecular weight is 257 g/mol. The van der Waals surface area contributed by atoms with Crippen LogP contribution in [0.4, 0.5) is 5.69 Å². The second kappa shape index (κ2) is 5.10. The van der Waals surface area contributed by atoms with Crippen molar-refractivity contribution in [3.05, 3.63) is 63.2 Å². The number of aryl methyl sites for hydroxylation is 3. The van der Waals surface area contributed by atoms with E-state index in [0.29, 0.717) is 16.9 Å². The van der Waals surface area contributed by atoms with E-state index in [1.165, 1.54) is 6.07 Å². The van der Waals surface area contributed by atoms with Crippen LogP contribution in [-0.2, 0) is 0 Å². The van der Waals surface area contributed by atoms with Gasteiger partial charge in [-0.3, -0.25) is 4.79 Å². The van der Waals surface area contributed by atoms with Crippen LogP contribution < -0.4 is 10.9 Å². The van der Waals surface area contributed by atoms with E-state index in [0.717, 1.165) is 11.3 Å². The van der Waals surface area contributed by atoms with Crippen molar-refractivity contribution >= 4 is 11.6 Å². The second-order valence-electron chi connectivity index (χ2n) is 4.50. The maximum absolute atomic E-state index is 12.2. The number of amides is 1. The fraction of sp³-hybridized carbons (Fsp3) is 0.200. The third kappa shape index (κ3) is 2.91. The zero-order chi connectivity index (χ0) is 14.0. The minimum Gasteiger partial charge on any atom is -0.427 e. The first-order chi connectivity index (χ1) is 8.97. The lowest BCUT2D eigenvalue weighted by atomic mass is 10.1. The predicted octanol–water partition coefficient (Wildman–Crippen LogP) is 2.82. The highest BCUT2D eigenvalue weighted by molar-refractivity contribution is 6.05. The lowest BCUT2D eigenvalue weighted by molar-refractivity contribution is 0.102. The van der Waals surface area contributed by atoms with Gasteiger partial charge in [0.25, 0.3) is 5.91 Å². The van der Waals surface area contributed by atoms with Gasteiger partial charge < -0.3 is 9.73 Å². The van der Waals surface area contributed by atoms with Gasteiger partial charge in [-0.2, -0.15) is 0 Å². The molecule has 0 aliphatic rings. The lowest BCUT2D eigenvalue weighted by Crippen LogP contribution is -2.17. The number of nitrogens with one attached hydrogen (secondary N) is 1. The summed E-state index contributed by atoms with van der Waals surface area (Å²) in [5.41, 5.74) is 2.35. The second-order valence-corrected chi connectivity index (χ2v) is 4.50. The third-order valence-electron chi connectivity index (χ3n) is 2.84. The van der Waals surface area contributed by atoms with Crippen molar-refractivity contribution < 1.29 is 9.21 Å². The largest absolute Gasteiger partial charge is 0.427 e. The Hall–Kier alpha value is -2.36. The Balaban J connectivity index is 2.33. The Morgan fingerprint density at radius 3 is 2.53 bits per heavy atom. The van der Waals surface area contributed by atoms with E-state index >= 15 is 0 Å². The highest BCUT2D eigenvalue weighted by Gasteiger charge is 2.15. The molecule has 0 saturated heterocycles. The quantitative estimate of drug-likeness (QED) is 0.899. The molecule has 98 valence electrons. The lowest BCUT2D eigenvalue weighted by Gasteiger charge is -2.09. The van der Waals surface area contributed by atoms with Crippen molar-refractivity contribution in [3.8, 4) is 0 Å². The maximum atomic E-state index is 12.2. The van der Waals surface area contributed by atoms with Crippen LogP contribution in [0.5, 0.6) is 0 Å². The molecule has 1 N–H and O–H groups in total. The van der Waals surface area contributed by atoms with E-state index in [4.69, 9.17) is 4.42 Å². The monoisotopic (exact) mass is 257 g/mol. The van der Waals surface area contributed by atoms with Crippen LogP contribution >= 0.6 is 0 Å². The van der Waals surface area contributed by atoms with Crippen molar-refractivity contribution in [2.24, 2.45) is 0 Å². The molecule has 0 saturated carbocycles. The van der Waals surface area contributed by atoms with Gasteiger partial charge in [0.2, 0.25) is 0 Å². The van der Waals surface area contributed by atoms with Gasteiger partial charge in [0.05, 0.1) is 5.56 Å². The molecule has 19 heavy (non-hydrogen) atoms. The van der Waals surface area contributed by atoms with E-state index in [-0.39, 0.29) is 5.91 Å². The Kier molecular flexibility index (Phi) is 3.51. The number of carbonyl (C=O) groups excluding carboxylic acids is 1. The molecule has 4 heteroatoms. The molecule has 1 amide bonds. The number of hydrogen-bond acceptors (Lipinski definition) is 3. The summed E-state index contributed by atoms with van der Waals surface area (Å²) in [6, 6.07) is 8.83. The first-order valence-electron chi connectivity index (χ1n) is 5.97. The summed E-state index contributed by atoms with van der Waals surface area (Å²) in [6.07, 6.45) is 0. The van der Waals surface area contributed by atoms with Crippen molar-refractivity contribution in [1.82, 2.24) is 0 Å². The first-order valence-corrected chi connectivity index (χ1v) is 5.97. The van der Waals surface area contributed by atoms with Crippen LogP contribution in [-0.4, -0.2) is 5.91 Å². The average Bonchev–Trinajstić information content (AvgIpc) is 2.27. The molecule has 0 atom stereocenters. The van der Waals surface area contributed by atoms with E-state index in [1.807, 2.05) is 31.2 Å². The Labute approximate surface area is 111 Å². The maximum Gasteiger partial charge on any atom is 0.336 e.